The molecule has 13 atom stereocenters. The van der Waals surface area contributed by atoms with Crippen molar-refractivity contribution in [2.24, 2.45) is 34.0 Å². The molecule has 5 fully saturated rings. The van der Waals surface area contributed by atoms with Crippen LogP contribution >= 0.6 is 0 Å². The molecule has 0 aromatic heterocycles. The van der Waals surface area contributed by atoms with Crippen molar-refractivity contribution >= 4 is 11.8 Å². The summed E-state index contributed by atoms with van der Waals surface area (Å²) in [5, 5.41) is 72.3. The number of fused-ring (bicyclic) bond motifs is 3. The first-order valence-corrected chi connectivity index (χ1v) is 13.4. The summed E-state index contributed by atoms with van der Waals surface area (Å²) in [4.78, 5) is 27.4. The molecule has 0 radical (unpaired) electrons. The molecule has 0 aromatic carbocycles. The predicted octanol–water partition coefficient (Wildman–Crippen LogP) is -1.38. The van der Waals surface area contributed by atoms with E-state index in [1.807, 2.05) is 6.92 Å². The standard InChI is InChI=1S/C26H40O11/c1-23-5-3-6-24(2,22(34)37-20-18(32)17(31)16(30)14(10-27)36-20)15(23)4-7-25-9-12(8-13(29)19(23)25)26(35,11-28)21(25)33/h12-20,27-32,35H,3-11H2,1-2H3. The van der Waals surface area contributed by atoms with E-state index >= 15 is 0 Å². The van der Waals surface area contributed by atoms with Gasteiger partial charge in [-0.05, 0) is 56.8 Å². The minimum absolute atomic E-state index is 0.198. The number of Topliss-reactive ketones (excluding diaryl/α,β-unsaturated/α-hetero) is 1. The Morgan fingerprint density at radius 3 is 2.41 bits per heavy atom. The zero-order valence-electron chi connectivity index (χ0n) is 21.3. The minimum atomic E-state index is -1.86. The lowest BCUT2D eigenvalue weighted by Gasteiger charge is -2.63. The van der Waals surface area contributed by atoms with Gasteiger partial charge in [0.15, 0.2) is 5.78 Å². The predicted molar refractivity (Wildman–Crippen MR) is 124 cm³/mol. The largest absolute Gasteiger partial charge is 0.432 e. The Hall–Kier alpha value is -1.18. The van der Waals surface area contributed by atoms with E-state index in [9.17, 15) is 45.3 Å². The van der Waals surface area contributed by atoms with Crippen molar-refractivity contribution in [3.63, 3.8) is 0 Å². The minimum Gasteiger partial charge on any atom is -0.432 e. The van der Waals surface area contributed by atoms with Crippen molar-refractivity contribution in [1.29, 1.82) is 0 Å². The van der Waals surface area contributed by atoms with Gasteiger partial charge in [0.25, 0.3) is 0 Å². The van der Waals surface area contributed by atoms with Gasteiger partial charge in [-0.15, -0.1) is 0 Å². The maximum atomic E-state index is 13.7. The van der Waals surface area contributed by atoms with Crippen molar-refractivity contribution in [1.82, 2.24) is 0 Å². The van der Waals surface area contributed by atoms with Crippen LogP contribution in [-0.2, 0) is 19.1 Å². The van der Waals surface area contributed by atoms with E-state index in [0.29, 0.717) is 38.5 Å². The number of carbonyl (C=O) groups excluding carboxylic acids is 2. The highest BCUT2D eigenvalue weighted by atomic mass is 16.7. The van der Waals surface area contributed by atoms with Crippen LogP contribution in [0.1, 0.15) is 58.8 Å². The fourth-order valence-electron chi connectivity index (χ4n) is 9.29. The van der Waals surface area contributed by atoms with E-state index in [-0.39, 0.29) is 12.3 Å². The molecule has 0 amide bonds. The monoisotopic (exact) mass is 528 g/mol. The summed E-state index contributed by atoms with van der Waals surface area (Å²) in [5.41, 5.74) is -4.53. The van der Waals surface area contributed by atoms with E-state index in [4.69, 9.17) is 9.47 Å². The number of hydrogen-bond acceptors (Lipinski definition) is 11. The smallest absolute Gasteiger partial charge is 0.314 e. The van der Waals surface area contributed by atoms with Gasteiger partial charge in [-0.3, -0.25) is 9.59 Å². The third-order valence-corrected chi connectivity index (χ3v) is 11.0. The molecule has 2 bridgehead atoms. The van der Waals surface area contributed by atoms with Gasteiger partial charge in [0, 0.05) is 17.3 Å². The van der Waals surface area contributed by atoms with Crippen molar-refractivity contribution in [3.05, 3.63) is 0 Å². The maximum absolute atomic E-state index is 13.7. The van der Waals surface area contributed by atoms with Crippen molar-refractivity contribution in [2.45, 2.75) is 101 Å². The summed E-state index contributed by atoms with van der Waals surface area (Å²) in [7, 11) is 0. The van der Waals surface area contributed by atoms with Gasteiger partial charge in [0.1, 0.15) is 30.0 Å². The average Bonchev–Trinajstić information content (AvgIpc) is 3.02. The van der Waals surface area contributed by atoms with E-state index in [1.54, 1.807) is 6.92 Å². The van der Waals surface area contributed by atoms with E-state index < -0.39 is 95.5 Å². The third-order valence-electron chi connectivity index (χ3n) is 11.0. The number of ether oxygens (including phenoxy) is 2. The highest BCUT2D eigenvalue weighted by molar-refractivity contribution is 5.96. The maximum Gasteiger partial charge on any atom is 0.314 e. The third kappa shape index (κ3) is 3.55. The van der Waals surface area contributed by atoms with Gasteiger partial charge in [-0.1, -0.05) is 13.3 Å². The molecule has 210 valence electrons. The highest BCUT2D eigenvalue weighted by Crippen LogP contribution is 2.71. The van der Waals surface area contributed by atoms with Gasteiger partial charge >= 0.3 is 5.97 Å². The lowest BCUT2D eigenvalue weighted by Crippen LogP contribution is -2.64. The lowest BCUT2D eigenvalue weighted by molar-refractivity contribution is -0.298. The number of hydrogen-bond donors (Lipinski definition) is 7. The van der Waals surface area contributed by atoms with Gasteiger partial charge in [-0.25, -0.2) is 0 Å². The number of aliphatic hydroxyl groups excluding tert-OH is 6. The van der Waals surface area contributed by atoms with Crippen LogP contribution in [0, 0.1) is 34.0 Å². The van der Waals surface area contributed by atoms with Crippen LogP contribution in [0.3, 0.4) is 0 Å². The summed E-state index contributed by atoms with van der Waals surface area (Å²) in [6.45, 7) is 2.45. The first-order chi connectivity index (χ1) is 17.3. The molecule has 1 heterocycles. The van der Waals surface area contributed by atoms with Crippen LogP contribution < -0.4 is 0 Å². The second-order valence-electron chi connectivity index (χ2n) is 12.7. The van der Waals surface area contributed by atoms with Crippen molar-refractivity contribution in [3.8, 4) is 0 Å². The molecular weight excluding hydrogens is 488 g/mol. The molecule has 11 nitrogen and oxygen atoms in total. The first-order valence-electron chi connectivity index (χ1n) is 13.4. The molecule has 4 aliphatic carbocycles. The molecule has 5 rings (SSSR count). The zero-order valence-corrected chi connectivity index (χ0v) is 21.3. The molecule has 11 heteroatoms. The molecule has 1 spiro atoms. The number of aliphatic hydroxyl groups is 7. The molecule has 13 unspecified atom stereocenters. The van der Waals surface area contributed by atoms with E-state index in [0.717, 1.165) is 0 Å². The second kappa shape index (κ2) is 8.92. The molecule has 4 saturated carbocycles. The molecule has 0 aromatic rings. The topological polar surface area (TPSA) is 194 Å². The lowest BCUT2D eigenvalue weighted by atomic mass is 9.40. The quantitative estimate of drug-likeness (QED) is 0.212. The summed E-state index contributed by atoms with van der Waals surface area (Å²) < 4.78 is 11.0. The Balaban J connectivity index is 1.44. The first kappa shape index (κ1) is 27.4. The Morgan fingerprint density at radius 2 is 1.76 bits per heavy atom. The second-order valence-corrected chi connectivity index (χ2v) is 12.7. The summed E-state index contributed by atoms with van der Waals surface area (Å²) in [6, 6.07) is 0. The number of esters is 1. The number of carbonyl (C=O) groups is 2. The van der Waals surface area contributed by atoms with Crippen molar-refractivity contribution < 1.29 is 54.8 Å². The van der Waals surface area contributed by atoms with Crippen LogP contribution in [0.5, 0.6) is 0 Å². The summed E-state index contributed by atoms with van der Waals surface area (Å²) in [5.74, 6) is -2.35. The Morgan fingerprint density at radius 1 is 1.05 bits per heavy atom. The zero-order chi connectivity index (χ0) is 27.1. The summed E-state index contributed by atoms with van der Waals surface area (Å²) in [6.07, 6.45) is -5.43. The molecule has 1 aliphatic heterocycles. The highest BCUT2D eigenvalue weighted by Gasteiger charge is 2.74. The van der Waals surface area contributed by atoms with Crippen LogP contribution in [0.4, 0.5) is 0 Å². The molecule has 7 N–H and O–H groups in total. The van der Waals surface area contributed by atoms with Gasteiger partial charge in [-0.2, -0.15) is 0 Å². The van der Waals surface area contributed by atoms with Crippen LogP contribution in [0.25, 0.3) is 0 Å². The van der Waals surface area contributed by atoms with E-state index in [2.05, 4.69) is 0 Å². The molecule has 5 aliphatic rings. The van der Waals surface area contributed by atoms with Gasteiger partial charge in [0.05, 0.1) is 24.7 Å². The van der Waals surface area contributed by atoms with Crippen LogP contribution in [-0.4, -0.2) is 103 Å². The van der Waals surface area contributed by atoms with Gasteiger partial charge < -0.3 is 45.2 Å². The summed E-state index contributed by atoms with van der Waals surface area (Å²) >= 11 is 0. The Kier molecular flexibility index (Phi) is 6.60. The average molecular weight is 529 g/mol. The Bertz CT molecular complexity index is 941. The van der Waals surface area contributed by atoms with Crippen LogP contribution in [0.15, 0.2) is 0 Å². The molecular formula is C26H40O11. The normalized spacial score (nSPS) is 55.4. The van der Waals surface area contributed by atoms with Crippen LogP contribution in [0.2, 0.25) is 0 Å². The fourth-order valence-corrected chi connectivity index (χ4v) is 9.29. The number of ketones is 1. The SMILES string of the molecule is CC1(C(=O)OC2OC(CO)C(O)C(O)C2O)CCCC2(C)C1CCC13CC(CC(O)C12)C(O)(CO)C3=O. The number of rotatable bonds is 4. The van der Waals surface area contributed by atoms with Crippen molar-refractivity contribution in [2.75, 3.05) is 13.2 Å². The fraction of sp³-hybridized carbons (Fsp3) is 0.923. The van der Waals surface area contributed by atoms with Gasteiger partial charge in [0.2, 0.25) is 6.29 Å². The molecule has 37 heavy (non-hydrogen) atoms. The Labute approximate surface area is 215 Å². The molecule has 1 saturated heterocycles. The van der Waals surface area contributed by atoms with E-state index in [1.165, 1.54) is 0 Å².